The molecule has 0 bridgehead atoms. The van der Waals surface area contributed by atoms with Gasteiger partial charge in [-0.1, -0.05) is 24.3 Å². The van der Waals surface area contributed by atoms with E-state index in [-0.39, 0.29) is 36.4 Å². The van der Waals surface area contributed by atoms with Crippen LogP contribution in [0.5, 0.6) is 0 Å². The van der Waals surface area contributed by atoms with Crippen LogP contribution in [0.1, 0.15) is 38.1 Å². The number of para-hydroxylation sites is 1. The first kappa shape index (κ1) is 33.9. The van der Waals surface area contributed by atoms with Crippen molar-refractivity contribution in [3.63, 3.8) is 0 Å². The number of nitrogens with one attached hydrogen (secondary N) is 3. The summed E-state index contributed by atoms with van der Waals surface area (Å²) in [5, 5.41) is 11.7. The van der Waals surface area contributed by atoms with Gasteiger partial charge < -0.3 is 29.8 Å². The third kappa shape index (κ3) is 7.20. The number of imidazole rings is 1. The largest absolute Gasteiger partial charge is 0.456 e. The number of aryl methyl sites for hydroxylation is 1. The van der Waals surface area contributed by atoms with E-state index >= 15 is 0 Å². The summed E-state index contributed by atoms with van der Waals surface area (Å²) < 4.78 is 35.4. The molecule has 2 aromatic heterocycles. The molecule has 3 N–H and O–H groups in total. The van der Waals surface area contributed by atoms with Crippen molar-refractivity contribution in [3.8, 4) is 11.3 Å². The molecule has 0 atom stereocenters. The lowest BCUT2D eigenvalue weighted by Crippen LogP contribution is -2.54. The second-order valence-electron chi connectivity index (χ2n) is 13.3. The summed E-state index contributed by atoms with van der Waals surface area (Å²) in [6.07, 6.45) is 2.08. The monoisotopic (exact) mass is 690 g/mol. The van der Waals surface area contributed by atoms with Crippen molar-refractivity contribution in [1.29, 1.82) is 0 Å². The number of anilines is 2. The van der Waals surface area contributed by atoms with Gasteiger partial charge >= 0.3 is 0 Å². The first-order valence-corrected chi connectivity index (χ1v) is 17.2. The molecule has 0 radical (unpaired) electrons. The minimum Gasteiger partial charge on any atom is -0.456 e. The summed E-state index contributed by atoms with van der Waals surface area (Å²) in [5.41, 5.74) is 4.14. The van der Waals surface area contributed by atoms with Gasteiger partial charge in [-0.15, -0.1) is 0 Å². The van der Waals surface area contributed by atoms with Crippen molar-refractivity contribution in [3.05, 3.63) is 114 Å². The van der Waals surface area contributed by atoms with Crippen LogP contribution in [0.15, 0.2) is 95.4 Å². The molecule has 4 aromatic carbocycles. The lowest BCUT2D eigenvalue weighted by atomic mass is 9.99. The number of fused-ring (bicyclic) bond motifs is 4. The molecule has 0 saturated carbocycles. The number of hydrogen-bond donors (Lipinski definition) is 3. The minimum absolute atomic E-state index is 0.125. The van der Waals surface area contributed by atoms with Crippen LogP contribution >= 0.6 is 0 Å². The molecule has 9 nitrogen and oxygen atoms in total. The molecule has 1 aliphatic heterocycles. The number of carbonyl (C=O) groups excluding carboxylic acids is 2. The summed E-state index contributed by atoms with van der Waals surface area (Å²) >= 11 is 0. The third-order valence-corrected chi connectivity index (χ3v) is 9.49. The average molecular weight is 691 g/mol. The van der Waals surface area contributed by atoms with E-state index in [4.69, 9.17) is 9.40 Å². The summed E-state index contributed by atoms with van der Waals surface area (Å²) in [6, 6.07) is 26.4. The molecule has 6 aromatic rings. The number of furan rings is 1. The Morgan fingerprint density at radius 3 is 2.37 bits per heavy atom. The molecule has 11 heteroatoms. The number of aromatic nitrogens is 2. The molecule has 3 heterocycles. The Labute approximate surface area is 294 Å². The normalized spacial score (nSPS) is 13.8. The van der Waals surface area contributed by atoms with Crippen molar-refractivity contribution in [2.75, 3.05) is 31.5 Å². The minimum atomic E-state index is -0.825. The molecule has 0 saturated heterocycles. The second kappa shape index (κ2) is 14.4. The molecule has 7 rings (SSSR count). The van der Waals surface area contributed by atoms with Gasteiger partial charge in [0.15, 0.2) is 0 Å². The number of nitrogens with zero attached hydrogens (tertiary/aromatic N) is 3. The number of carbonyl (C=O) groups is 2. The van der Waals surface area contributed by atoms with Crippen LogP contribution in [0.25, 0.3) is 33.2 Å². The van der Waals surface area contributed by atoms with E-state index in [9.17, 15) is 18.4 Å². The summed E-state index contributed by atoms with van der Waals surface area (Å²) in [5.74, 6) is 0.178. The first-order chi connectivity index (χ1) is 24.7. The quantitative estimate of drug-likeness (QED) is 0.117. The van der Waals surface area contributed by atoms with Crippen molar-refractivity contribution >= 4 is 45.3 Å². The lowest BCUT2D eigenvalue weighted by Gasteiger charge is -2.42. The molecular weight excluding hydrogens is 650 g/mol. The summed E-state index contributed by atoms with van der Waals surface area (Å²) in [6.45, 7) is 5.81. The number of hydrogen-bond acceptors (Lipinski definition) is 6. The fourth-order valence-electron chi connectivity index (χ4n) is 6.81. The molecule has 51 heavy (non-hydrogen) atoms. The van der Waals surface area contributed by atoms with Crippen LogP contribution in [-0.2, 0) is 28.1 Å². The SMILES string of the molecule is CC1(C)c2nc(-c3ccc(F)cc3)c(Nc3ccc(F)cc3)n2CCN1C(=O)CNC(=O)CCNCCCc1ccc2oc3ccccc3c2c1. The standard InChI is InChI=1S/C40H40F2N6O3/c1-40(2)39-46-37(27-10-12-28(41)13-11-27)38(45-30-16-14-29(42)15-17-30)47(39)22-23-48(40)36(50)25-44-35(49)19-21-43-20-5-6-26-9-18-34-32(24-26)31-7-3-4-8-33(31)51-34/h3-4,7-18,24,43,45H,5-6,19-23,25H2,1-2H3,(H,44,49). The smallest absolute Gasteiger partial charge is 0.242 e. The maximum absolute atomic E-state index is 13.8. The Morgan fingerprint density at radius 2 is 1.59 bits per heavy atom. The van der Waals surface area contributed by atoms with E-state index in [0.717, 1.165) is 41.3 Å². The molecular formula is C40H40F2N6O3. The van der Waals surface area contributed by atoms with E-state index in [2.05, 4.69) is 34.1 Å². The Kier molecular flexibility index (Phi) is 9.55. The van der Waals surface area contributed by atoms with Crippen LogP contribution in [0.4, 0.5) is 20.3 Å². The summed E-state index contributed by atoms with van der Waals surface area (Å²) in [4.78, 5) is 32.9. The molecule has 0 spiro atoms. The fraction of sp³-hybridized carbons (Fsp3) is 0.275. The highest BCUT2D eigenvalue weighted by Crippen LogP contribution is 2.39. The molecule has 262 valence electrons. The maximum atomic E-state index is 13.8. The molecule has 1 aliphatic rings. The van der Waals surface area contributed by atoms with Crippen molar-refractivity contribution in [2.24, 2.45) is 0 Å². The highest BCUT2D eigenvalue weighted by Gasteiger charge is 2.41. The lowest BCUT2D eigenvalue weighted by molar-refractivity contribution is -0.139. The Morgan fingerprint density at radius 1 is 0.863 bits per heavy atom. The zero-order chi connectivity index (χ0) is 35.5. The van der Waals surface area contributed by atoms with E-state index < -0.39 is 5.54 Å². The van der Waals surface area contributed by atoms with Gasteiger partial charge in [-0.2, -0.15) is 0 Å². The van der Waals surface area contributed by atoms with Gasteiger partial charge in [0.25, 0.3) is 0 Å². The molecule has 0 fully saturated rings. The second-order valence-corrected chi connectivity index (χ2v) is 13.3. The third-order valence-electron chi connectivity index (χ3n) is 9.49. The van der Waals surface area contributed by atoms with Gasteiger partial charge in [0.1, 0.15) is 40.1 Å². The van der Waals surface area contributed by atoms with Gasteiger partial charge in [0, 0.05) is 48.1 Å². The van der Waals surface area contributed by atoms with E-state index in [1.54, 1.807) is 29.2 Å². The molecule has 0 unspecified atom stereocenters. The van der Waals surface area contributed by atoms with Crippen molar-refractivity contribution in [2.45, 2.75) is 45.2 Å². The van der Waals surface area contributed by atoms with Gasteiger partial charge in [-0.3, -0.25) is 9.59 Å². The van der Waals surface area contributed by atoms with Crippen LogP contribution in [0.3, 0.4) is 0 Å². The zero-order valence-corrected chi connectivity index (χ0v) is 28.6. The van der Waals surface area contributed by atoms with Gasteiger partial charge in [0.2, 0.25) is 11.8 Å². The highest BCUT2D eigenvalue weighted by molar-refractivity contribution is 6.05. The summed E-state index contributed by atoms with van der Waals surface area (Å²) in [7, 11) is 0. The number of benzene rings is 4. The number of amides is 2. The Bertz CT molecular complexity index is 2190. The number of rotatable bonds is 12. The van der Waals surface area contributed by atoms with E-state index in [1.807, 2.05) is 42.7 Å². The van der Waals surface area contributed by atoms with Crippen molar-refractivity contribution < 1.29 is 22.8 Å². The van der Waals surface area contributed by atoms with Crippen molar-refractivity contribution in [1.82, 2.24) is 25.1 Å². The van der Waals surface area contributed by atoms with Crippen LogP contribution in [0.2, 0.25) is 0 Å². The van der Waals surface area contributed by atoms with Gasteiger partial charge in [-0.25, -0.2) is 13.8 Å². The van der Waals surface area contributed by atoms with Crippen LogP contribution < -0.4 is 16.0 Å². The maximum Gasteiger partial charge on any atom is 0.242 e. The Hall–Kier alpha value is -5.55. The zero-order valence-electron chi connectivity index (χ0n) is 28.6. The highest BCUT2D eigenvalue weighted by atomic mass is 19.1. The predicted octanol–water partition coefficient (Wildman–Crippen LogP) is 7.28. The first-order valence-electron chi connectivity index (χ1n) is 17.2. The topological polar surface area (TPSA) is 104 Å². The van der Waals surface area contributed by atoms with Crippen LogP contribution in [-0.4, -0.2) is 52.4 Å². The van der Waals surface area contributed by atoms with Gasteiger partial charge in [0.05, 0.1) is 12.1 Å². The molecule has 2 amide bonds. The van der Waals surface area contributed by atoms with E-state index in [1.165, 1.54) is 29.8 Å². The number of halogens is 2. The van der Waals surface area contributed by atoms with Gasteiger partial charge in [-0.05, 0) is 106 Å². The van der Waals surface area contributed by atoms with Crippen LogP contribution in [0, 0.1) is 11.6 Å². The predicted molar refractivity (Wildman–Crippen MR) is 195 cm³/mol. The van der Waals surface area contributed by atoms with E-state index in [0.29, 0.717) is 48.2 Å². The molecule has 0 aliphatic carbocycles. The Balaban J connectivity index is 0.920. The fourth-order valence-corrected chi connectivity index (χ4v) is 6.81. The average Bonchev–Trinajstić information content (AvgIpc) is 3.69.